The lowest BCUT2D eigenvalue weighted by molar-refractivity contribution is -0.994. The number of carboxylic acid groups (broad SMARTS) is 1. The Morgan fingerprint density at radius 3 is 2.63 bits per heavy atom. The number of nitrogens with zero attached hydrogens (tertiary/aromatic N) is 3. The van der Waals surface area contributed by atoms with Gasteiger partial charge in [-0.25, -0.2) is 9.63 Å². The highest BCUT2D eigenvalue weighted by Gasteiger charge is 2.22. The summed E-state index contributed by atoms with van der Waals surface area (Å²) in [5.74, 6) is -1.22. The molecule has 2 aromatic heterocycles. The van der Waals surface area contributed by atoms with Gasteiger partial charge in [-0.3, -0.25) is 4.79 Å². The third-order valence-corrected chi connectivity index (χ3v) is 5.23. The zero-order chi connectivity index (χ0) is 22.0. The second-order valence-corrected chi connectivity index (χ2v) is 7.14. The van der Waals surface area contributed by atoms with E-state index in [0.717, 1.165) is 0 Å². The summed E-state index contributed by atoms with van der Waals surface area (Å²) in [5.41, 5.74) is 0.196. The summed E-state index contributed by atoms with van der Waals surface area (Å²) in [6.07, 6.45) is 2.92. The number of carboxylic acids is 1. The van der Waals surface area contributed by atoms with Crippen molar-refractivity contribution in [2.24, 2.45) is 0 Å². The number of rotatable bonds is 7. The predicted octanol–water partition coefficient (Wildman–Crippen LogP) is 2.36. The first kappa shape index (κ1) is 22.0. The van der Waals surface area contributed by atoms with Gasteiger partial charge in [-0.15, -0.1) is 0 Å². The molecule has 1 atom stereocenters. The molecule has 0 amide bonds. The van der Waals surface area contributed by atoms with Crippen LogP contribution in [0, 0.1) is 5.21 Å². The van der Waals surface area contributed by atoms with E-state index in [1.54, 1.807) is 21.3 Å². The van der Waals surface area contributed by atoms with Crippen LogP contribution in [0.15, 0.2) is 41.6 Å². The van der Waals surface area contributed by atoms with E-state index in [1.165, 1.54) is 31.8 Å². The lowest BCUT2D eigenvalue weighted by atomic mass is 10.0. The van der Waals surface area contributed by atoms with E-state index >= 15 is 0 Å². The van der Waals surface area contributed by atoms with Gasteiger partial charge in [0.1, 0.15) is 11.9 Å². The number of carbonyl (C=O) groups is 1. The summed E-state index contributed by atoms with van der Waals surface area (Å²) in [5, 5.41) is 21.3. The number of halogens is 2. The SMILES string of the molecule is CCn1c(Cn2cnc([NH+]([O-])OC)c2)cc(=O)c(C(=O)O)c1-c1ccc(Cl)c(Cl)c1. The molecule has 3 rings (SSSR count). The van der Waals surface area contributed by atoms with Crippen molar-refractivity contribution in [2.45, 2.75) is 20.0 Å². The molecule has 0 fully saturated rings. The number of aromatic carboxylic acids is 1. The minimum Gasteiger partial charge on any atom is -0.593 e. The van der Waals surface area contributed by atoms with Crippen molar-refractivity contribution < 1.29 is 20.0 Å². The van der Waals surface area contributed by atoms with Crippen molar-refractivity contribution in [1.82, 2.24) is 14.1 Å². The number of hydrogen-bond acceptors (Lipinski definition) is 5. The molecule has 1 unspecified atom stereocenters. The zero-order valence-corrected chi connectivity index (χ0v) is 17.6. The highest BCUT2D eigenvalue weighted by molar-refractivity contribution is 6.42. The molecule has 3 aromatic rings. The van der Waals surface area contributed by atoms with E-state index in [2.05, 4.69) is 9.82 Å². The van der Waals surface area contributed by atoms with Crippen LogP contribution in [0.1, 0.15) is 23.0 Å². The summed E-state index contributed by atoms with van der Waals surface area (Å²) < 4.78 is 3.31. The van der Waals surface area contributed by atoms with Crippen molar-refractivity contribution >= 4 is 35.0 Å². The molecule has 0 radical (unpaired) electrons. The summed E-state index contributed by atoms with van der Waals surface area (Å²) in [6.45, 7) is 2.39. The maximum Gasteiger partial charge on any atom is 0.341 e. The van der Waals surface area contributed by atoms with Crippen molar-refractivity contribution in [2.75, 3.05) is 7.11 Å². The quantitative estimate of drug-likeness (QED) is 0.531. The van der Waals surface area contributed by atoms with Crippen LogP contribution in [0.5, 0.6) is 0 Å². The Balaban J connectivity index is 2.19. The number of quaternary nitrogens is 1. The third-order valence-electron chi connectivity index (χ3n) is 4.49. The molecule has 9 nitrogen and oxygen atoms in total. The Hall–Kier alpha value is -2.69. The largest absolute Gasteiger partial charge is 0.593 e. The Bertz CT molecular complexity index is 1160. The number of hydrogen-bond donors (Lipinski definition) is 2. The van der Waals surface area contributed by atoms with Crippen molar-refractivity contribution in [1.29, 1.82) is 0 Å². The Labute approximate surface area is 181 Å². The van der Waals surface area contributed by atoms with Gasteiger partial charge in [-0.1, -0.05) is 29.3 Å². The van der Waals surface area contributed by atoms with Crippen molar-refractivity contribution in [3.8, 4) is 11.3 Å². The molecular formula is C19H18Cl2N4O5. The highest BCUT2D eigenvalue weighted by Crippen LogP contribution is 2.30. The van der Waals surface area contributed by atoms with Crippen LogP contribution in [0.2, 0.25) is 10.0 Å². The molecule has 0 saturated heterocycles. The monoisotopic (exact) mass is 452 g/mol. The second-order valence-electron chi connectivity index (χ2n) is 6.32. The minimum absolute atomic E-state index is 0.120. The van der Waals surface area contributed by atoms with Crippen molar-refractivity contribution in [3.63, 3.8) is 0 Å². The van der Waals surface area contributed by atoms with Gasteiger partial charge in [0.25, 0.3) is 5.82 Å². The Kier molecular flexibility index (Phi) is 6.59. The van der Waals surface area contributed by atoms with Gasteiger partial charge >= 0.3 is 5.97 Å². The maximum absolute atomic E-state index is 12.7. The fourth-order valence-electron chi connectivity index (χ4n) is 3.18. The van der Waals surface area contributed by atoms with Gasteiger partial charge in [0.15, 0.2) is 5.43 Å². The number of aromatic nitrogens is 3. The van der Waals surface area contributed by atoms with Gasteiger partial charge in [0, 0.05) is 23.9 Å². The smallest absolute Gasteiger partial charge is 0.341 e. The first-order chi connectivity index (χ1) is 14.3. The maximum atomic E-state index is 12.7. The zero-order valence-electron chi connectivity index (χ0n) is 16.1. The molecule has 2 N–H and O–H groups in total. The summed E-state index contributed by atoms with van der Waals surface area (Å²) in [4.78, 5) is 33.2. The average Bonchev–Trinajstić information content (AvgIpc) is 3.17. The molecule has 0 aliphatic carbocycles. The summed E-state index contributed by atoms with van der Waals surface area (Å²) >= 11 is 12.1. The third kappa shape index (κ3) is 4.25. The number of imidazole rings is 1. The fourth-order valence-corrected chi connectivity index (χ4v) is 3.48. The van der Waals surface area contributed by atoms with Crippen LogP contribution < -0.4 is 10.7 Å². The standard InChI is InChI=1S/C19H18Cl2N4O5/c1-3-24-12(8-23-9-16(22-10-23)25(29)30-2)7-15(26)17(19(27)28)18(24)11-4-5-13(20)14(21)6-11/h4-7,9-10,25H,3,8H2,1-2H3,(H,27,28). The summed E-state index contributed by atoms with van der Waals surface area (Å²) in [7, 11) is 1.25. The first-order valence-electron chi connectivity index (χ1n) is 8.82. The molecule has 0 spiro atoms. The van der Waals surface area contributed by atoms with Gasteiger partial charge in [-0.05, 0) is 19.1 Å². The molecule has 1 aromatic carbocycles. The summed E-state index contributed by atoms with van der Waals surface area (Å²) in [6, 6.07) is 5.94. The van der Waals surface area contributed by atoms with Gasteiger partial charge in [0.05, 0.1) is 35.6 Å². The van der Waals surface area contributed by atoms with E-state index in [9.17, 15) is 19.9 Å². The van der Waals surface area contributed by atoms with Crippen LogP contribution in [0.25, 0.3) is 11.3 Å². The molecule has 0 aliphatic rings. The lowest BCUT2D eigenvalue weighted by Crippen LogP contribution is -3.00. The van der Waals surface area contributed by atoms with E-state index in [1.807, 2.05) is 6.92 Å². The highest BCUT2D eigenvalue weighted by atomic mass is 35.5. The van der Waals surface area contributed by atoms with Gasteiger partial charge in [-0.2, -0.15) is 10.2 Å². The van der Waals surface area contributed by atoms with Crippen LogP contribution >= 0.6 is 23.2 Å². The molecule has 2 heterocycles. The van der Waals surface area contributed by atoms with Gasteiger partial charge < -0.3 is 19.4 Å². The molecule has 0 bridgehead atoms. The second kappa shape index (κ2) is 8.99. The number of benzene rings is 1. The van der Waals surface area contributed by atoms with E-state index in [-0.39, 0.29) is 28.6 Å². The molecular weight excluding hydrogens is 435 g/mol. The van der Waals surface area contributed by atoms with Gasteiger partial charge in [0.2, 0.25) is 0 Å². The Morgan fingerprint density at radius 1 is 1.30 bits per heavy atom. The minimum atomic E-state index is -1.34. The van der Waals surface area contributed by atoms with E-state index in [0.29, 0.717) is 22.8 Å². The normalized spacial score (nSPS) is 12.2. The lowest BCUT2D eigenvalue weighted by Gasteiger charge is -2.20. The van der Waals surface area contributed by atoms with E-state index in [4.69, 9.17) is 23.2 Å². The average molecular weight is 453 g/mol. The number of pyridine rings is 1. The molecule has 11 heteroatoms. The van der Waals surface area contributed by atoms with Crippen LogP contribution in [-0.4, -0.2) is 32.3 Å². The molecule has 0 saturated carbocycles. The van der Waals surface area contributed by atoms with Crippen LogP contribution in [-0.2, 0) is 17.9 Å². The number of nitrogens with one attached hydrogen (secondary N) is 1. The topological polar surface area (TPSA) is 114 Å². The Morgan fingerprint density at radius 2 is 2.03 bits per heavy atom. The predicted molar refractivity (Wildman–Crippen MR) is 111 cm³/mol. The molecule has 158 valence electrons. The van der Waals surface area contributed by atoms with E-state index < -0.39 is 16.6 Å². The van der Waals surface area contributed by atoms with Crippen molar-refractivity contribution in [3.05, 3.63) is 73.5 Å². The molecule has 0 aliphatic heterocycles. The fraction of sp³-hybridized carbons (Fsp3) is 0.211. The molecule has 30 heavy (non-hydrogen) atoms. The first-order valence-corrected chi connectivity index (χ1v) is 9.57. The van der Waals surface area contributed by atoms with Crippen LogP contribution in [0.3, 0.4) is 0 Å². The van der Waals surface area contributed by atoms with Crippen LogP contribution in [0.4, 0.5) is 5.82 Å².